The van der Waals surface area contributed by atoms with Crippen LogP contribution in [0, 0.1) is 0 Å². The van der Waals surface area contributed by atoms with Crippen molar-refractivity contribution in [3.8, 4) is 0 Å². The third-order valence-corrected chi connectivity index (χ3v) is 5.83. The van der Waals surface area contributed by atoms with E-state index in [2.05, 4.69) is 10.2 Å². The fourth-order valence-corrected chi connectivity index (χ4v) is 4.01. The van der Waals surface area contributed by atoms with Crippen LogP contribution in [0.2, 0.25) is 0 Å². The summed E-state index contributed by atoms with van der Waals surface area (Å²) in [5.74, 6) is -3.55. The number of nitrogens with zero attached hydrogens (tertiary/aromatic N) is 2. The maximum Gasteiger partial charge on any atom is 0.350 e. The lowest BCUT2D eigenvalue weighted by Gasteiger charge is -2.37. The first-order valence-electron chi connectivity index (χ1n) is 11.4. The lowest BCUT2D eigenvalue weighted by molar-refractivity contribution is -0.222. The molecule has 2 saturated heterocycles. The predicted octanol–water partition coefficient (Wildman–Crippen LogP) is 2.57. The summed E-state index contributed by atoms with van der Waals surface area (Å²) in [6, 6.07) is 14.1. The summed E-state index contributed by atoms with van der Waals surface area (Å²) in [7, 11) is 1.28. The topological polar surface area (TPSA) is 114 Å². The maximum atomic E-state index is 12.8. The minimum absolute atomic E-state index is 0.0309. The van der Waals surface area contributed by atoms with Gasteiger partial charge in [-0.05, 0) is 30.3 Å². The largest absolute Gasteiger partial charge is 0.465 e. The molecule has 188 valence electrons. The number of benzene rings is 2. The normalized spacial score (nSPS) is 17.1. The highest BCUT2D eigenvalue weighted by atomic mass is 16.7. The SMILES string of the molecule is COC(=O)c1ccc(N2CCN(C(=O)c3ccccc3)CC2)c(NC=C2C(=O)OC(C)(C)OC2=O)c1. The smallest absolute Gasteiger partial charge is 0.350 e. The van der Waals surface area contributed by atoms with Gasteiger partial charge in [-0.25, -0.2) is 14.4 Å². The Hall–Kier alpha value is -4.34. The second-order valence-corrected chi connectivity index (χ2v) is 8.75. The number of carbonyl (C=O) groups is 4. The number of carbonyl (C=O) groups excluding carboxylic acids is 4. The number of cyclic esters (lactones) is 2. The molecule has 1 amide bonds. The molecule has 4 rings (SSSR count). The Bertz CT molecular complexity index is 1190. The zero-order valence-corrected chi connectivity index (χ0v) is 20.3. The second kappa shape index (κ2) is 10.1. The minimum Gasteiger partial charge on any atom is -0.465 e. The molecule has 10 nitrogen and oxygen atoms in total. The van der Waals surface area contributed by atoms with E-state index in [9.17, 15) is 19.2 Å². The Morgan fingerprint density at radius 1 is 0.944 bits per heavy atom. The van der Waals surface area contributed by atoms with Crippen molar-refractivity contribution in [2.45, 2.75) is 19.6 Å². The van der Waals surface area contributed by atoms with Gasteiger partial charge in [0.15, 0.2) is 5.57 Å². The van der Waals surface area contributed by atoms with E-state index in [1.54, 1.807) is 35.2 Å². The van der Waals surface area contributed by atoms with Gasteiger partial charge in [0, 0.05) is 51.8 Å². The van der Waals surface area contributed by atoms with Gasteiger partial charge < -0.3 is 29.3 Å². The molecule has 0 spiro atoms. The van der Waals surface area contributed by atoms with Gasteiger partial charge in [-0.2, -0.15) is 0 Å². The Balaban J connectivity index is 1.55. The number of ether oxygens (including phenoxy) is 3. The minimum atomic E-state index is -1.35. The van der Waals surface area contributed by atoms with Crippen molar-refractivity contribution in [1.29, 1.82) is 0 Å². The quantitative estimate of drug-likeness (QED) is 0.381. The van der Waals surface area contributed by atoms with Crippen LogP contribution in [0.3, 0.4) is 0 Å². The number of hydrogen-bond donors (Lipinski definition) is 1. The van der Waals surface area contributed by atoms with Gasteiger partial charge in [0.05, 0.1) is 24.0 Å². The van der Waals surface area contributed by atoms with Crippen molar-refractivity contribution in [1.82, 2.24) is 4.90 Å². The first-order valence-corrected chi connectivity index (χ1v) is 11.4. The summed E-state index contributed by atoms with van der Waals surface area (Å²) in [6.07, 6.45) is 1.20. The number of anilines is 2. The first kappa shape index (κ1) is 24.8. The average molecular weight is 494 g/mol. The zero-order valence-electron chi connectivity index (χ0n) is 20.3. The molecule has 2 fully saturated rings. The van der Waals surface area contributed by atoms with Crippen molar-refractivity contribution in [3.63, 3.8) is 0 Å². The van der Waals surface area contributed by atoms with E-state index in [4.69, 9.17) is 14.2 Å². The highest BCUT2D eigenvalue weighted by molar-refractivity contribution is 6.15. The molecule has 0 radical (unpaired) electrons. The number of rotatable bonds is 5. The van der Waals surface area contributed by atoms with Crippen molar-refractivity contribution in [2.75, 3.05) is 43.5 Å². The fourth-order valence-electron chi connectivity index (χ4n) is 4.01. The summed E-state index contributed by atoms with van der Waals surface area (Å²) in [5, 5.41) is 2.95. The summed E-state index contributed by atoms with van der Waals surface area (Å²) in [6.45, 7) is 5.01. The van der Waals surface area contributed by atoms with Crippen LogP contribution in [0.15, 0.2) is 60.3 Å². The van der Waals surface area contributed by atoms with Crippen LogP contribution < -0.4 is 10.2 Å². The lowest BCUT2D eigenvalue weighted by Crippen LogP contribution is -2.49. The van der Waals surface area contributed by atoms with E-state index in [1.807, 2.05) is 18.2 Å². The van der Waals surface area contributed by atoms with Crippen molar-refractivity contribution in [3.05, 3.63) is 71.4 Å². The summed E-state index contributed by atoms with van der Waals surface area (Å²) in [5.41, 5.74) is 1.82. The zero-order chi connectivity index (χ0) is 25.9. The van der Waals surface area contributed by atoms with E-state index >= 15 is 0 Å². The number of methoxy groups -OCH3 is 1. The van der Waals surface area contributed by atoms with Crippen LogP contribution in [-0.4, -0.2) is 67.8 Å². The maximum absolute atomic E-state index is 12.8. The van der Waals surface area contributed by atoms with E-state index in [-0.39, 0.29) is 17.0 Å². The monoisotopic (exact) mass is 493 g/mol. The number of nitrogens with one attached hydrogen (secondary N) is 1. The predicted molar refractivity (Wildman–Crippen MR) is 130 cm³/mol. The molecule has 0 saturated carbocycles. The van der Waals surface area contributed by atoms with Crippen LogP contribution in [-0.2, 0) is 23.8 Å². The molecule has 0 unspecified atom stereocenters. The third-order valence-electron chi connectivity index (χ3n) is 5.83. The molecule has 0 atom stereocenters. The Morgan fingerprint density at radius 2 is 1.58 bits per heavy atom. The number of hydrogen-bond acceptors (Lipinski definition) is 9. The van der Waals surface area contributed by atoms with Crippen LogP contribution in [0.1, 0.15) is 34.6 Å². The van der Waals surface area contributed by atoms with Gasteiger partial charge in [-0.1, -0.05) is 18.2 Å². The third kappa shape index (κ3) is 5.32. The molecule has 2 aromatic rings. The van der Waals surface area contributed by atoms with Crippen LogP contribution in [0.5, 0.6) is 0 Å². The van der Waals surface area contributed by atoms with Gasteiger partial charge >= 0.3 is 17.9 Å². The van der Waals surface area contributed by atoms with Gasteiger partial charge in [0.25, 0.3) is 11.7 Å². The highest BCUT2D eigenvalue weighted by Crippen LogP contribution is 2.30. The van der Waals surface area contributed by atoms with E-state index in [0.717, 1.165) is 5.69 Å². The summed E-state index contributed by atoms with van der Waals surface area (Å²) >= 11 is 0. The molecular formula is C26H27N3O7. The van der Waals surface area contributed by atoms with E-state index in [0.29, 0.717) is 37.4 Å². The molecule has 10 heteroatoms. The van der Waals surface area contributed by atoms with Crippen molar-refractivity contribution >= 4 is 35.2 Å². The van der Waals surface area contributed by atoms with E-state index < -0.39 is 23.7 Å². The molecule has 2 aromatic carbocycles. The first-order chi connectivity index (χ1) is 17.2. The van der Waals surface area contributed by atoms with Gasteiger partial charge in [0.1, 0.15) is 0 Å². The molecule has 0 bridgehead atoms. The molecule has 0 aliphatic carbocycles. The van der Waals surface area contributed by atoms with Crippen LogP contribution in [0.25, 0.3) is 0 Å². The molecular weight excluding hydrogens is 466 g/mol. The standard InChI is InChI=1S/C26H27N3O7/c1-26(2)35-24(32)19(25(33)36-26)16-27-20-15-18(23(31)34-3)9-10-21(20)28-11-13-29(14-12-28)22(30)17-7-5-4-6-8-17/h4-10,15-16,27H,11-14H2,1-3H3. The van der Waals surface area contributed by atoms with Gasteiger partial charge in [0.2, 0.25) is 0 Å². The van der Waals surface area contributed by atoms with Gasteiger partial charge in [-0.15, -0.1) is 0 Å². The Kier molecular flexibility index (Phi) is 6.96. The van der Waals surface area contributed by atoms with E-state index in [1.165, 1.54) is 27.2 Å². The Morgan fingerprint density at radius 3 is 2.19 bits per heavy atom. The molecule has 2 aliphatic rings. The average Bonchev–Trinajstić information content (AvgIpc) is 2.87. The molecule has 36 heavy (non-hydrogen) atoms. The van der Waals surface area contributed by atoms with Crippen LogP contribution >= 0.6 is 0 Å². The Labute approximate surface area is 208 Å². The molecule has 1 N–H and O–H groups in total. The second-order valence-electron chi connectivity index (χ2n) is 8.75. The molecule has 2 heterocycles. The fraction of sp³-hybridized carbons (Fsp3) is 0.308. The molecule has 0 aromatic heterocycles. The van der Waals surface area contributed by atoms with Crippen LogP contribution in [0.4, 0.5) is 11.4 Å². The summed E-state index contributed by atoms with van der Waals surface area (Å²) < 4.78 is 15.1. The lowest BCUT2D eigenvalue weighted by atomic mass is 10.1. The van der Waals surface area contributed by atoms with Crippen molar-refractivity contribution < 1.29 is 33.4 Å². The van der Waals surface area contributed by atoms with Gasteiger partial charge in [-0.3, -0.25) is 4.79 Å². The number of esters is 3. The van der Waals surface area contributed by atoms with Crippen molar-refractivity contribution in [2.24, 2.45) is 0 Å². The number of piperazine rings is 1. The number of amides is 1. The molecule has 2 aliphatic heterocycles. The summed E-state index contributed by atoms with van der Waals surface area (Å²) in [4.78, 5) is 53.4. The highest BCUT2D eigenvalue weighted by Gasteiger charge is 2.39.